The van der Waals surface area contributed by atoms with E-state index in [0.717, 1.165) is 37.8 Å². The lowest BCUT2D eigenvalue weighted by Gasteiger charge is -2.38. The zero-order valence-electron chi connectivity index (χ0n) is 16.1. The topological polar surface area (TPSA) is 55.9 Å². The Morgan fingerprint density at radius 2 is 1.73 bits per heavy atom. The Morgan fingerprint density at radius 3 is 2.35 bits per heavy atom. The number of piperazine rings is 1. The first kappa shape index (κ1) is 18.7. The van der Waals surface area contributed by atoms with Crippen LogP contribution in [0, 0.1) is 6.92 Å². The van der Waals surface area contributed by atoms with Gasteiger partial charge >= 0.3 is 6.03 Å². The Morgan fingerprint density at radius 1 is 1.08 bits per heavy atom. The minimum Gasteiger partial charge on any atom is -0.345 e. The van der Waals surface area contributed by atoms with E-state index in [1.165, 1.54) is 25.7 Å². The maximum Gasteiger partial charge on any atom is 0.321 e. The molecule has 1 saturated heterocycles. The highest BCUT2D eigenvalue weighted by Gasteiger charge is 2.28. The summed E-state index contributed by atoms with van der Waals surface area (Å²) in [5, 5.41) is 3.00. The largest absolute Gasteiger partial charge is 0.345 e. The Hall–Kier alpha value is -2.08. The van der Waals surface area contributed by atoms with Crippen molar-refractivity contribution in [2.45, 2.75) is 38.6 Å². The fraction of sp³-hybridized carbons (Fsp3) is 0.600. The van der Waals surface area contributed by atoms with E-state index in [9.17, 15) is 9.59 Å². The normalized spacial score (nSPS) is 18.8. The maximum atomic E-state index is 12.7. The molecule has 2 aliphatic rings. The third kappa shape index (κ3) is 4.18. The van der Waals surface area contributed by atoms with Crippen LogP contribution in [-0.4, -0.2) is 73.0 Å². The molecule has 26 heavy (non-hydrogen) atoms. The number of hydrogen-bond donors (Lipinski definition) is 1. The van der Waals surface area contributed by atoms with Crippen molar-refractivity contribution in [3.63, 3.8) is 0 Å². The molecule has 0 radical (unpaired) electrons. The van der Waals surface area contributed by atoms with Gasteiger partial charge in [-0.1, -0.05) is 18.9 Å². The molecule has 1 aliphatic heterocycles. The van der Waals surface area contributed by atoms with Crippen molar-refractivity contribution >= 4 is 17.6 Å². The molecule has 3 rings (SSSR count). The molecule has 6 nitrogen and oxygen atoms in total. The van der Waals surface area contributed by atoms with Gasteiger partial charge in [0.05, 0.1) is 0 Å². The number of amides is 3. The summed E-state index contributed by atoms with van der Waals surface area (Å²) in [5.74, 6) is -0.0642. The summed E-state index contributed by atoms with van der Waals surface area (Å²) < 4.78 is 0. The van der Waals surface area contributed by atoms with Gasteiger partial charge < -0.3 is 15.1 Å². The van der Waals surface area contributed by atoms with E-state index in [0.29, 0.717) is 11.3 Å². The summed E-state index contributed by atoms with van der Waals surface area (Å²) >= 11 is 0. The second-order valence-corrected chi connectivity index (χ2v) is 7.62. The molecule has 1 aromatic rings. The summed E-state index contributed by atoms with van der Waals surface area (Å²) in [4.78, 5) is 30.8. The Bertz CT molecular complexity index is 660. The van der Waals surface area contributed by atoms with Crippen molar-refractivity contribution in [2.75, 3.05) is 45.6 Å². The highest BCUT2D eigenvalue weighted by atomic mass is 16.2. The number of anilines is 1. The quantitative estimate of drug-likeness (QED) is 0.904. The molecule has 0 spiro atoms. The monoisotopic (exact) mass is 358 g/mol. The van der Waals surface area contributed by atoms with Crippen molar-refractivity contribution < 1.29 is 9.59 Å². The van der Waals surface area contributed by atoms with Crippen LogP contribution in [0.1, 0.15) is 41.6 Å². The van der Waals surface area contributed by atoms with Gasteiger partial charge in [-0.2, -0.15) is 0 Å². The summed E-state index contributed by atoms with van der Waals surface area (Å²) in [6, 6.07) is 6.09. The molecule has 2 fully saturated rings. The van der Waals surface area contributed by atoms with E-state index < -0.39 is 0 Å². The lowest BCUT2D eigenvalue weighted by Crippen LogP contribution is -2.52. The van der Waals surface area contributed by atoms with Gasteiger partial charge in [-0.05, 0) is 37.5 Å². The SMILES string of the molecule is Cc1ccc(C(=O)N(C)C)cc1NC(=O)N1CCN(C2CCCC2)CC1. The van der Waals surface area contributed by atoms with Crippen molar-refractivity contribution in [2.24, 2.45) is 0 Å². The molecular formula is C20H30N4O2. The number of rotatable bonds is 3. The molecule has 0 unspecified atom stereocenters. The van der Waals surface area contributed by atoms with Crippen LogP contribution in [0.15, 0.2) is 18.2 Å². The second-order valence-electron chi connectivity index (χ2n) is 7.62. The molecule has 0 atom stereocenters. The number of urea groups is 1. The van der Waals surface area contributed by atoms with Gasteiger partial charge in [-0.3, -0.25) is 9.69 Å². The highest BCUT2D eigenvalue weighted by molar-refractivity contribution is 5.97. The predicted octanol–water partition coefficient (Wildman–Crippen LogP) is 2.79. The number of nitrogens with zero attached hydrogens (tertiary/aromatic N) is 3. The van der Waals surface area contributed by atoms with Gasteiger partial charge in [0.25, 0.3) is 5.91 Å². The van der Waals surface area contributed by atoms with Gasteiger partial charge in [-0.25, -0.2) is 4.79 Å². The van der Waals surface area contributed by atoms with Crippen LogP contribution in [0.3, 0.4) is 0 Å². The summed E-state index contributed by atoms with van der Waals surface area (Å²) in [7, 11) is 3.45. The van der Waals surface area contributed by atoms with E-state index in [2.05, 4.69) is 10.2 Å². The molecule has 1 N–H and O–H groups in total. The van der Waals surface area contributed by atoms with Crippen molar-refractivity contribution in [3.05, 3.63) is 29.3 Å². The first-order valence-corrected chi connectivity index (χ1v) is 9.58. The predicted molar refractivity (Wildman–Crippen MR) is 104 cm³/mol. The third-order valence-corrected chi connectivity index (χ3v) is 5.57. The first-order valence-electron chi connectivity index (χ1n) is 9.58. The van der Waals surface area contributed by atoms with E-state index in [4.69, 9.17) is 0 Å². The number of carbonyl (C=O) groups excluding carboxylic acids is 2. The zero-order valence-corrected chi connectivity index (χ0v) is 16.1. The van der Waals surface area contributed by atoms with Crippen LogP contribution in [0.5, 0.6) is 0 Å². The molecule has 1 heterocycles. The van der Waals surface area contributed by atoms with Crippen molar-refractivity contribution in [1.82, 2.24) is 14.7 Å². The van der Waals surface area contributed by atoms with Gasteiger partial charge in [-0.15, -0.1) is 0 Å². The van der Waals surface area contributed by atoms with Gasteiger partial charge in [0.15, 0.2) is 0 Å². The first-order chi connectivity index (χ1) is 12.5. The Balaban J connectivity index is 1.59. The zero-order chi connectivity index (χ0) is 18.7. The van der Waals surface area contributed by atoms with Gasteiger partial charge in [0, 0.05) is 57.6 Å². The number of benzene rings is 1. The molecule has 1 aliphatic carbocycles. The van der Waals surface area contributed by atoms with Crippen molar-refractivity contribution in [1.29, 1.82) is 0 Å². The fourth-order valence-corrected chi connectivity index (χ4v) is 3.90. The standard InChI is InChI=1S/C20H30N4O2/c1-15-8-9-16(19(25)22(2)3)14-18(15)21-20(26)24-12-10-23(11-13-24)17-6-4-5-7-17/h8-9,14,17H,4-7,10-13H2,1-3H3,(H,21,26). The van der Waals surface area contributed by atoms with Crippen LogP contribution in [0.4, 0.5) is 10.5 Å². The minimum atomic E-state index is -0.0753. The average Bonchev–Trinajstić information content (AvgIpc) is 3.17. The number of nitrogens with one attached hydrogen (secondary N) is 1. The van der Waals surface area contributed by atoms with Gasteiger partial charge in [0.2, 0.25) is 0 Å². The number of hydrogen-bond acceptors (Lipinski definition) is 3. The number of aryl methyl sites for hydroxylation is 1. The van der Waals surface area contributed by atoms with Crippen molar-refractivity contribution in [3.8, 4) is 0 Å². The van der Waals surface area contributed by atoms with Crippen LogP contribution in [0.2, 0.25) is 0 Å². The third-order valence-electron chi connectivity index (χ3n) is 5.57. The second kappa shape index (κ2) is 8.08. The van der Waals surface area contributed by atoms with Crippen LogP contribution >= 0.6 is 0 Å². The average molecular weight is 358 g/mol. The molecule has 0 bridgehead atoms. The smallest absolute Gasteiger partial charge is 0.321 e. The van der Waals surface area contributed by atoms with Crippen LogP contribution in [0.25, 0.3) is 0 Å². The minimum absolute atomic E-state index is 0.0642. The van der Waals surface area contributed by atoms with E-state index in [-0.39, 0.29) is 11.9 Å². The highest BCUT2D eigenvalue weighted by Crippen LogP contribution is 2.24. The molecule has 3 amide bonds. The van der Waals surface area contributed by atoms with Crippen LogP contribution < -0.4 is 5.32 Å². The van der Waals surface area contributed by atoms with Crippen LogP contribution in [-0.2, 0) is 0 Å². The lowest BCUT2D eigenvalue weighted by molar-refractivity contribution is 0.0827. The maximum absolute atomic E-state index is 12.7. The molecule has 1 aromatic carbocycles. The Kier molecular flexibility index (Phi) is 5.81. The van der Waals surface area contributed by atoms with E-state index >= 15 is 0 Å². The molecule has 6 heteroatoms. The molecule has 1 saturated carbocycles. The number of carbonyl (C=O) groups is 2. The fourth-order valence-electron chi connectivity index (χ4n) is 3.90. The van der Waals surface area contributed by atoms with E-state index in [1.807, 2.05) is 17.9 Å². The molecular weight excluding hydrogens is 328 g/mol. The summed E-state index contributed by atoms with van der Waals surface area (Å²) in [6.45, 7) is 5.37. The molecule has 0 aromatic heterocycles. The lowest BCUT2D eigenvalue weighted by atomic mass is 10.1. The summed E-state index contributed by atoms with van der Waals surface area (Å²) in [5.41, 5.74) is 2.25. The Labute approximate surface area is 156 Å². The summed E-state index contributed by atoms with van der Waals surface area (Å²) in [6.07, 6.45) is 5.29. The van der Waals surface area contributed by atoms with Gasteiger partial charge in [0.1, 0.15) is 0 Å². The molecule has 142 valence electrons. The van der Waals surface area contributed by atoms with E-state index in [1.54, 1.807) is 31.1 Å².